The minimum absolute atomic E-state index is 0.0950. The van der Waals surface area contributed by atoms with E-state index in [1.165, 1.54) is 6.92 Å². The molecule has 3 unspecified atom stereocenters. The fourth-order valence-corrected chi connectivity index (χ4v) is 6.65. The van der Waals surface area contributed by atoms with E-state index in [0.717, 1.165) is 17.8 Å². The van der Waals surface area contributed by atoms with Gasteiger partial charge in [0.25, 0.3) is 5.56 Å². The van der Waals surface area contributed by atoms with Gasteiger partial charge in [-0.25, -0.2) is 18.7 Å². The summed E-state index contributed by atoms with van der Waals surface area (Å²) >= 11 is 0. The molecular formula is C14H21N6O13P3. The highest BCUT2D eigenvalue weighted by Gasteiger charge is 2.57. The van der Waals surface area contributed by atoms with Crippen molar-refractivity contribution in [2.24, 2.45) is 5.73 Å². The Balaban J connectivity index is 1.92. The molecule has 0 amide bonds. The van der Waals surface area contributed by atoms with E-state index in [1.807, 2.05) is 0 Å². The quantitative estimate of drug-likeness (QED) is 0.130. The highest BCUT2D eigenvalue weighted by Crippen LogP contribution is 2.66. The molecule has 1 fully saturated rings. The molecule has 3 heterocycles. The Bertz CT molecular complexity index is 1430. The number of aliphatic hydroxyl groups is 1. The molecule has 0 radical (unpaired) electrons. The summed E-state index contributed by atoms with van der Waals surface area (Å²) in [6.07, 6.45) is -5.27. The van der Waals surface area contributed by atoms with Gasteiger partial charge in [0.2, 0.25) is 5.95 Å². The van der Waals surface area contributed by atoms with Crippen LogP contribution < -0.4 is 17.0 Å². The van der Waals surface area contributed by atoms with Crippen LogP contribution in [0.25, 0.3) is 11.2 Å². The maximum absolute atomic E-state index is 12.2. The van der Waals surface area contributed by atoms with Crippen LogP contribution in [0.5, 0.6) is 0 Å². The Hall–Kier alpha value is -2.00. The summed E-state index contributed by atoms with van der Waals surface area (Å²) in [5.41, 5.74) is 9.04. The molecule has 1 aliphatic rings. The van der Waals surface area contributed by atoms with E-state index in [2.05, 4.69) is 35.4 Å². The van der Waals surface area contributed by atoms with E-state index in [4.69, 9.17) is 30.5 Å². The summed E-state index contributed by atoms with van der Waals surface area (Å²) in [6.45, 7) is 2.48. The summed E-state index contributed by atoms with van der Waals surface area (Å²) in [7, 11) is -16.9. The number of aromatic amines is 1. The Kier molecular flexibility index (Phi) is 7.70. The number of nitrogen functional groups attached to an aromatic ring is 1. The molecule has 10 N–H and O–H groups in total. The second-order valence-electron chi connectivity index (χ2n) is 7.38. The topological polar surface area (TPSA) is 305 Å². The molecule has 22 heteroatoms. The molecule has 19 nitrogen and oxygen atoms in total. The van der Waals surface area contributed by atoms with E-state index in [9.17, 15) is 33.4 Å². The molecule has 3 rings (SSSR count). The van der Waals surface area contributed by atoms with Crippen molar-refractivity contribution in [3.05, 3.63) is 16.7 Å². The lowest BCUT2D eigenvalue weighted by molar-refractivity contribution is -0.0733. The van der Waals surface area contributed by atoms with Crippen molar-refractivity contribution in [2.45, 2.75) is 43.9 Å². The lowest BCUT2D eigenvalue weighted by Crippen LogP contribution is -2.54. The largest absolute Gasteiger partial charge is 0.490 e. The second kappa shape index (κ2) is 9.71. The van der Waals surface area contributed by atoms with Gasteiger partial charge in [-0.1, -0.05) is 5.92 Å². The van der Waals surface area contributed by atoms with Crippen molar-refractivity contribution in [2.75, 3.05) is 5.73 Å². The van der Waals surface area contributed by atoms with Gasteiger partial charge in [0.1, 0.15) is 12.2 Å². The fourth-order valence-electron chi connectivity index (χ4n) is 3.45. The number of H-pyrrole nitrogens is 1. The van der Waals surface area contributed by atoms with Gasteiger partial charge in [0, 0.05) is 0 Å². The minimum Gasteiger partial charge on any atom is -0.387 e. The monoisotopic (exact) mass is 574 g/mol. The average Bonchev–Trinajstić information content (AvgIpc) is 3.18. The number of phosphoric ester groups is 1. The number of rotatable bonds is 8. The fraction of sp³-hybridized carbons (Fsp3) is 0.500. The summed E-state index contributed by atoms with van der Waals surface area (Å²) < 4.78 is 53.5. The summed E-state index contributed by atoms with van der Waals surface area (Å²) in [4.78, 5) is 58.6. The lowest BCUT2D eigenvalue weighted by Gasteiger charge is -2.28. The minimum atomic E-state index is -5.78. The van der Waals surface area contributed by atoms with Crippen LogP contribution in [0.3, 0.4) is 0 Å². The van der Waals surface area contributed by atoms with Crippen molar-refractivity contribution in [3.63, 3.8) is 0 Å². The molecule has 0 bridgehead atoms. The number of hydrogen-bond donors (Lipinski definition) is 8. The van der Waals surface area contributed by atoms with Crippen molar-refractivity contribution >= 4 is 40.6 Å². The Morgan fingerprint density at radius 3 is 2.47 bits per heavy atom. The number of aromatic nitrogens is 4. The van der Waals surface area contributed by atoms with Gasteiger partial charge in [0.05, 0.1) is 12.4 Å². The first-order valence-electron chi connectivity index (χ1n) is 9.50. The first-order valence-corrected chi connectivity index (χ1v) is 14.0. The molecule has 200 valence electrons. The summed E-state index contributed by atoms with van der Waals surface area (Å²) in [5, 5.41) is 10.9. The Morgan fingerprint density at radius 1 is 1.25 bits per heavy atom. The van der Waals surface area contributed by atoms with Crippen LogP contribution in [-0.4, -0.2) is 68.1 Å². The van der Waals surface area contributed by atoms with Gasteiger partial charge in [-0.3, -0.25) is 18.9 Å². The average molecular weight is 574 g/mol. The molecule has 2 aromatic heterocycles. The van der Waals surface area contributed by atoms with Crippen molar-refractivity contribution < 1.29 is 56.3 Å². The zero-order valence-corrected chi connectivity index (χ0v) is 20.9. The van der Waals surface area contributed by atoms with E-state index >= 15 is 0 Å². The van der Waals surface area contributed by atoms with Gasteiger partial charge >= 0.3 is 23.5 Å². The predicted octanol–water partition coefficient (Wildman–Crippen LogP) is -1.59. The highest BCUT2D eigenvalue weighted by atomic mass is 31.3. The molecule has 0 saturated carbocycles. The zero-order valence-electron chi connectivity index (χ0n) is 18.2. The Labute approximate surface area is 200 Å². The van der Waals surface area contributed by atoms with Crippen LogP contribution >= 0.6 is 23.5 Å². The summed E-state index contributed by atoms with van der Waals surface area (Å²) in [5.74, 6) is 4.81. The normalized spacial score (nSPS) is 28.7. The van der Waals surface area contributed by atoms with Crippen LogP contribution in [0.2, 0.25) is 0 Å². The molecule has 0 aliphatic carbocycles. The molecular weight excluding hydrogens is 553 g/mol. The van der Waals surface area contributed by atoms with E-state index in [0.29, 0.717) is 0 Å². The number of fused-ring (bicyclic) bond motifs is 1. The number of nitrogens with one attached hydrogen (secondary N) is 1. The number of aliphatic hydroxyl groups excluding tert-OH is 1. The van der Waals surface area contributed by atoms with Crippen molar-refractivity contribution in [1.29, 1.82) is 0 Å². The molecule has 1 saturated heterocycles. The molecule has 36 heavy (non-hydrogen) atoms. The third-order valence-electron chi connectivity index (χ3n) is 4.72. The van der Waals surface area contributed by atoms with Gasteiger partial charge in [-0.05, 0) is 13.8 Å². The molecule has 0 spiro atoms. The predicted molar refractivity (Wildman–Crippen MR) is 117 cm³/mol. The lowest BCUT2D eigenvalue weighted by atomic mass is 9.90. The number of hydrogen-bond acceptors (Lipinski definition) is 13. The van der Waals surface area contributed by atoms with Crippen LogP contribution in [0, 0.1) is 11.8 Å². The number of ether oxygens (including phenoxy) is 1. The SMILES string of the molecule is CC#CC1(N)[C@@H](O)[C@@H]([C@H](C)OP(=O)(O)OP(=O)(O)OP(=O)(O)O)O[C@H]1n1cnc2c(=O)[nH]c(N)nc21. The van der Waals surface area contributed by atoms with Crippen molar-refractivity contribution in [1.82, 2.24) is 19.5 Å². The van der Waals surface area contributed by atoms with Crippen LogP contribution in [0.4, 0.5) is 5.95 Å². The standard InChI is InChI=1S/C14H21N6O13P3/c1-3-4-14(16)9(21)8(6(2)31-35(26,27)33-36(28,29)32-34(23,24)25)30-12(14)20-5-17-7-10(20)18-13(15)19-11(7)22/h5-6,8-9,12,21H,16H2,1-2H3,(H,26,27)(H,28,29)(H2,23,24,25)(H3,15,18,19,22)/t6-,8+,9-,12+,14?/m0/s1. The van der Waals surface area contributed by atoms with E-state index < -0.39 is 59.1 Å². The third kappa shape index (κ3) is 5.93. The number of phosphoric acid groups is 3. The number of imidazole rings is 1. The first kappa shape index (κ1) is 28.6. The maximum atomic E-state index is 12.2. The molecule has 1 aliphatic heterocycles. The number of nitrogens with zero attached hydrogens (tertiary/aromatic N) is 3. The maximum Gasteiger partial charge on any atom is 0.490 e. The van der Waals surface area contributed by atoms with Gasteiger partial charge in [0.15, 0.2) is 22.9 Å². The van der Waals surface area contributed by atoms with Crippen LogP contribution in [0.1, 0.15) is 20.1 Å². The highest BCUT2D eigenvalue weighted by molar-refractivity contribution is 7.66. The van der Waals surface area contributed by atoms with Gasteiger partial charge in [-0.2, -0.15) is 13.6 Å². The second-order valence-corrected chi connectivity index (χ2v) is 11.8. The number of nitrogens with two attached hydrogens (primary N) is 2. The zero-order chi connectivity index (χ0) is 27.3. The smallest absolute Gasteiger partial charge is 0.387 e. The van der Waals surface area contributed by atoms with Gasteiger partial charge in [-0.15, -0.1) is 5.92 Å². The third-order valence-corrected chi connectivity index (χ3v) is 8.64. The summed E-state index contributed by atoms with van der Waals surface area (Å²) in [6, 6.07) is 0. The van der Waals surface area contributed by atoms with E-state index in [1.54, 1.807) is 0 Å². The first-order chi connectivity index (χ1) is 16.4. The van der Waals surface area contributed by atoms with E-state index in [-0.39, 0.29) is 17.1 Å². The van der Waals surface area contributed by atoms with Gasteiger partial charge < -0.3 is 40.9 Å². The van der Waals surface area contributed by atoms with Crippen molar-refractivity contribution in [3.8, 4) is 11.8 Å². The number of anilines is 1. The van der Waals surface area contributed by atoms with Crippen LogP contribution in [0.15, 0.2) is 11.1 Å². The van der Waals surface area contributed by atoms with Crippen LogP contribution in [-0.2, 0) is 31.6 Å². The molecule has 0 aromatic carbocycles. The molecule has 7 atom stereocenters. The Morgan fingerprint density at radius 2 is 1.89 bits per heavy atom. The molecule has 2 aromatic rings.